The second-order valence-electron chi connectivity index (χ2n) is 5.85. The Labute approximate surface area is 148 Å². The monoisotopic (exact) mass is 362 g/mol. The van der Waals surface area contributed by atoms with Gasteiger partial charge in [0, 0.05) is 18.7 Å². The molecule has 6 nitrogen and oxygen atoms in total. The molecule has 0 radical (unpaired) electrons. The summed E-state index contributed by atoms with van der Waals surface area (Å²) in [5, 5.41) is 0. The van der Waals surface area contributed by atoms with Gasteiger partial charge in [0.05, 0.1) is 11.5 Å². The van der Waals surface area contributed by atoms with Crippen LogP contribution in [0, 0.1) is 0 Å². The summed E-state index contributed by atoms with van der Waals surface area (Å²) in [5.41, 5.74) is 3.46. The quantitative estimate of drug-likeness (QED) is 0.768. The molecule has 0 saturated heterocycles. The lowest BCUT2D eigenvalue weighted by Gasteiger charge is -2.21. The van der Waals surface area contributed by atoms with Gasteiger partial charge in [-0.05, 0) is 37.6 Å². The van der Waals surface area contributed by atoms with Gasteiger partial charge in [-0.15, -0.1) is 0 Å². The van der Waals surface area contributed by atoms with Crippen LogP contribution >= 0.6 is 0 Å². The molecule has 0 aromatic heterocycles. The summed E-state index contributed by atoms with van der Waals surface area (Å²) in [6.07, 6.45) is 0. The van der Waals surface area contributed by atoms with Gasteiger partial charge in [-0.25, -0.2) is 13.9 Å². The van der Waals surface area contributed by atoms with Crippen LogP contribution in [0.1, 0.15) is 29.8 Å². The number of sulfonamides is 1. The predicted molar refractivity (Wildman–Crippen MR) is 95.2 cm³/mol. The number of carbonyl (C=O) groups excluding carboxylic acids is 1. The molecule has 2 aromatic rings. The fraction of sp³-hybridized carbons (Fsp3) is 0.278. The second kappa shape index (κ2) is 8.24. The molecule has 0 unspecified atom stereocenters. The van der Waals surface area contributed by atoms with Gasteiger partial charge in [0.15, 0.2) is 0 Å². The number of hydrogen-bond acceptors (Lipinski definition) is 4. The maximum atomic E-state index is 12.5. The second-order valence-corrected chi connectivity index (χ2v) is 7.85. The topological polar surface area (TPSA) is 75.7 Å². The van der Waals surface area contributed by atoms with Crippen molar-refractivity contribution in [1.29, 1.82) is 0 Å². The van der Waals surface area contributed by atoms with Crippen molar-refractivity contribution < 1.29 is 18.0 Å². The molecular weight excluding hydrogens is 340 g/mol. The Hall–Kier alpha value is -2.22. The van der Waals surface area contributed by atoms with E-state index in [0.717, 1.165) is 5.56 Å². The fourth-order valence-electron chi connectivity index (χ4n) is 2.06. The van der Waals surface area contributed by atoms with Crippen molar-refractivity contribution in [3.8, 4) is 0 Å². The molecule has 7 heteroatoms. The third-order valence-corrected chi connectivity index (χ3v) is 5.78. The van der Waals surface area contributed by atoms with Crippen LogP contribution in [0.3, 0.4) is 0 Å². The van der Waals surface area contributed by atoms with E-state index in [2.05, 4.69) is 5.48 Å². The lowest BCUT2D eigenvalue weighted by atomic mass is 10.2. The summed E-state index contributed by atoms with van der Waals surface area (Å²) in [6.45, 7) is 3.79. The van der Waals surface area contributed by atoms with E-state index in [4.69, 9.17) is 4.84 Å². The van der Waals surface area contributed by atoms with Crippen LogP contribution in [0.15, 0.2) is 59.5 Å². The highest BCUT2D eigenvalue weighted by atomic mass is 32.2. The Kier molecular flexibility index (Phi) is 6.30. The SMILES string of the molecule is CC(C)N(C)S(=O)(=O)c1cccc(C(=O)NOCc2ccccc2)c1. The van der Waals surface area contributed by atoms with Crippen molar-refractivity contribution in [3.05, 3.63) is 65.7 Å². The molecule has 2 aromatic carbocycles. The molecule has 0 spiro atoms. The van der Waals surface area contributed by atoms with E-state index in [9.17, 15) is 13.2 Å². The van der Waals surface area contributed by atoms with Crippen LogP contribution in [-0.4, -0.2) is 31.7 Å². The number of amides is 1. The van der Waals surface area contributed by atoms with Crippen LogP contribution < -0.4 is 5.48 Å². The average molecular weight is 362 g/mol. The summed E-state index contributed by atoms with van der Waals surface area (Å²) in [5.74, 6) is -0.500. The minimum Gasteiger partial charge on any atom is -0.269 e. The van der Waals surface area contributed by atoms with Gasteiger partial charge in [0.25, 0.3) is 5.91 Å². The van der Waals surface area contributed by atoms with E-state index in [1.807, 2.05) is 30.3 Å². The van der Waals surface area contributed by atoms with E-state index in [1.54, 1.807) is 13.8 Å². The van der Waals surface area contributed by atoms with Gasteiger partial charge < -0.3 is 0 Å². The summed E-state index contributed by atoms with van der Waals surface area (Å²) >= 11 is 0. The Morgan fingerprint density at radius 1 is 1.12 bits per heavy atom. The van der Waals surface area contributed by atoms with Crippen molar-refractivity contribution in [3.63, 3.8) is 0 Å². The van der Waals surface area contributed by atoms with Crippen LogP contribution in [0.2, 0.25) is 0 Å². The molecule has 0 atom stereocenters. The Balaban J connectivity index is 2.06. The smallest absolute Gasteiger partial charge is 0.269 e. The molecule has 0 saturated carbocycles. The minimum atomic E-state index is -3.65. The van der Waals surface area contributed by atoms with Gasteiger partial charge in [0.2, 0.25) is 10.0 Å². The zero-order chi connectivity index (χ0) is 18.4. The van der Waals surface area contributed by atoms with Crippen LogP contribution in [0.4, 0.5) is 0 Å². The maximum absolute atomic E-state index is 12.5. The van der Waals surface area contributed by atoms with Gasteiger partial charge in [0.1, 0.15) is 0 Å². The van der Waals surface area contributed by atoms with Crippen molar-refractivity contribution in [2.45, 2.75) is 31.4 Å². The van der Waals surface area contributed by atoms with Crippen molar-refractivity contribution >= 4 is 15.9 Å². The van der Waals surface area contributed by atoms with Crippen molar-refractivity contribution in [2.24, 2.45) is 0 Å². The molecule has 0 aliphatic rings. The molecule has 1 N–H and O–H groups in total. The first kappa shape index (κ1) is 19.1. The zero-order valence-electron chi connectivity index (χ0n) is 14.5. The van der Waals surface area contributed by atoms with E-state index in [1.165, 1.54) is 35.6 Å². The van der Waals surface area contributed by atoms with E-state index in [0.29, 0.717) is 0 Å². The molecule has 134 valence electrons. The largest absolute Gasteiger partial charge is 0.274 e. The number of nitrogens with one attached hydrogen (secondary N) is 1. The third-order valence-electron chi connectivity index (χ3n) is 3.75. The highest BCUT2D eigenvalue weighted by Crippen LogP contribution is 2.18. The summed E-state index contributed by atoms with van der Waals surface area (Å²) in [4.78, 5) is 17.4. The summed E-state index contributed by atoms with van der Waals surface area (Å²) in [6, 6.07) is 15.1. The molecule has 25 heavy (non-hydrogen) atoms. The Bertz CT molecular complexity index is 820. The van der Waals surface area contributed by atoms with E-state index < -0.39 is 15.9 Å². The highest BCUT2D eigenvalue weighted by molar-refractivity contribution is 7.89. The van der Waals surface area contributed by atoms with Gasteiger partial charge in [-0.1, -0.05) is 36.4 Å². The number of nitrogens with zero attached hydrogens (tertiary/aromatic N) is 1. The van der Waals surface area contributed by atoms with Gasteiger partial charge in [-0.2, -0.15) is 4.31 Å². The van der Waals surface area contributed by atoms with Crippen molar-refractivity contribution in [2.75, 3.05) is 7.05 Å². The number of rotatable bonds is 7. The van der Waals surface area contributed by atoms with E-state index >= 15 is 0 Å². The van der Waals surface area contributed by atoms with Crippen LogP contribution in [0.5, 0.6) is 0 Å². The summed E-state index contributed by atoms with van der Waals surface area (Å²) < 4.78 is 26.3. The lowest BCUT2D eigenvalue weighted by molar-refractivity contribution is 0.0233. The predicted octanol–water partition coefficient (Wildman–Crippen LogP) is 2.58. The first-order valence-corrected chi connectivity index (χ1v) is 9.30. The molecule has 0 aliphatic carbocycles. The molecule has 0 bridgehead atoms. The van der Waals surface area contributed by atoms with Crippen LogP contribution in [-0.2, 0) is 21.5 Å². The maximum Gasteiger partial charge on any atom is 0.274 e. The third kappa shape index (κ3) is 4.88. The zero-order valence-corrected chi connectivity index (χ0v) is 15.3. The van der Waals surface area contributed by atoms with Crippen LogP contribution in [0.25, 0.3) is 0 Å². The molecule has 0 fully saturated rings. The molecule has 1 amide bonds. The molecule has 0 heterocycles. The standard InChI is InChI=1S/C18H22N2O4S/c1-14(2)20(3)25(22,23)17-11-7-10-16(12-17)18(21)19-24-13-15-8-5-4-6-9-15/h4-12,14H,13H2,1-3H3,(H,19,21). The lowest BCUT2D eigenvalue weighted by Crippen LogP contribution is -2.33. The average Bonchev–Trinajstić information content (AvgIpc) is 2.61. The van der Waals surface area contributed by atoms with Gasteiger partial charge >= 0.3 is 0 Å². The van der Waals surface area contributed by atoms with Crippen molar-refractivity contribution in [1.82, 2.24) is 9.79 Å². The first-order valence-electron chi connectivity index (χ1n) is 7.86. The normalized spacial score (nSPS) is 11.7. The number of benzene rings is 2. The highest BCUT2D eigenvalue weighted by Gasteiger charge is 2.23. The Morgan fingerprint density at radius 2 is 1.80 bits per heavy atom. The number of carbonyl (C=O) groups is 1. The number of hydroxylamine groups is 1. The van der Waals surface area contributed by atoms with Gasteiger partial charge in [-0.3, -0.25) is 9.63 Å². The summed E-state index contributed by atoms with van der Waals surface area (Å²) in [7, 11) is -2.14. The minimum absolute atomic E-state index is 0.0689. The van der Waals surface area contributed by atoms with E-state index in [-0.39, 0.29) is 23.1 Å². The molecule has 0 aliphatic heterocycles. The first-order chi connectivity index (χ1) is 11.8. The number of hydrogen-bond donors (Lipinski definition) is 1. The Morgan fingerprint density at radius 3 is 2.44 bits per heavy atom. The molecular formula is C18H22N2O4S. The molecule has 2 rings (SSSR count). The fourth-order valence-corrected chi connectivity index (χ4v) is 3.47.